The first kappa shape index (κ1) is 8.70. The summed E-state index contributed by atoms with van der Waals surface area (Å²) in [5, 5.41) is 9.80. The lowest BCUT2D eigenvalue weighted by Gasteiger charge is -2.30. The summed E-state index contributed by atoms with van der Waals surface area (Å²) in [4.78, 5) is 3.95. The van der Waals surface area contributed by atoms with Crippen molar-refractivity contribution in [2.45, 2.75) is 31.8 Å². The highest BCUT2D eigenvalue weighted by Crippen LogP contribution is 2.30. The molecule has 70 valence electrons. The quantitative estimate of drug-likeness (QED) is 0.763. The number of aromatic nitrogens is 1. The van der Waals surface area contributed by atoms with Crippen LogP contribution in [0.2, 0.25) is 0 Å². The molecule has 2 nitrogen and oxygen atoms in total. The van der Waals surface area contributed by atoms with E-state index in [1.807, 2.05) is 12.1 Å². The Hall–Kier alpha value is -0.890. The second-order valence-corrected chi connectivity index (χ2v) is 3.82. The minimum Gasteiger partial charge on any atom is -0.392 e. The highest BCUT2D eigenvalue weighted by atomic mass is 16.3. The van der Waals surface area contributed by atoms with Gasteiger partial charge in [-0.1, -0.05) is 6.42 Å². The van der Waals surface area contributed by atoms with Gasteiger partial charge in [0.25, 0.3) is 0 Å². The van der Waals surface area contributed by atoms with Crippen molar-refractivity contribution in [3.8, 4) is 0 Å². The molecule has 13 heavy (non-hydrogen) atoms. The van der Waals surface area contributed by atoms with Gasteiger partial charge < -0.3 is 5.11 Å². The van der Waals surface area contributed by atoms with Gasteiger partial charge in [-0.3, -0.25) is 4.98 Å². The molecule has 1 unspecified atom stereocenters. The Bertz CT molecular complexity index is 256. The lowest BCUT2D eigenvalue weighted by molar-refractivity contribution is 0.0630. The largest absolute Gasteiger partial charge is 0.392 e. The Labute approximate surface area is 78.6 Å². The minimum absolute atomic E-state index is 0.142. The van der Waals surface area contributed by atoms with Gasteiger partial charge in [-0.05, 0) is 42.9 Å². The van der Waals surface area contributed by atoms with Crippen molar-refractivity contribution in [3.05, 3.63) is 30.1 Å². The molecule has 1 aliphatic rings. The number of aliphatic hydroxyl groups excluding tert-OH is 1. The first-order valence-electron chi connectivity index (χ1n) is 4.93. The van der Waals surface area contributed by atoms with E-state index in [-0.39, 0.29) is 6.10 Å². The molecule has 0 saturated heterocycles. The summed E-state index contributed by atoms with van der Waals surface area (Å²) in [6.45, 7) is 0. The number of rotatable bonds is 3. The van der Waals surface area contributed by atoms with Crippen molar-refractivity contribution in [1.29, 1.82) is 0 Å². The number of hydrogen-bond acceptors (Lipinski definition) is 2. The summed E-state index contributed by atoms with van der Waals surface area (Å²) in [6.07, 6.45) is 7.89. The molecule has 0 radical (unpaired) electrons. The first-order chi connectivity index (χ1) is 6.36. The number of hydrogen-bond donors (Lipinski definition) is 1. The molecule has 1 saturated carbocycles. The number of aliphatic hydroxyl groups is 1. The van der Waals surface area contributed by atoms with E-state index in [1.54, 1.807) is 12.4 Å². The molecule has 0 aliphatic heterocycles. The van der Waals surface area contributed by atoms with Gasteiger partial charge in [0.15, 0.2) is 0 Å². The van der Waals surface area contributed by atoms with Crippen LogP contribution < -0.4 is 0 Å². The fourth-order valence-electron chi connectivity index (χ4n) is 1.75. The lowest BCUT2D eigenvalue weighted by atomic mass is 9.79. The molecule has 2 heteroatoms. The number of pyridine rings is 1. The second-order valence-electron chi connectivity index (χ2n) is 3.82. The molecule has 1 fully saturated rings. The molecule has 0 amide bonds. The smallest absolute Gasteiger partial charge is 0.0608 e. The molecule has 0 bridgehead atoms. The van der Waals surface area contributed by atoms with Crippen LogP contribution >= 0.6 is 0 Å². The van der Waals surface area contributed by atoms with Crippen molar-refractivity contribution >= 4 is 0 Å². The first-order valence-corrected chi connectivity index (χ1v) is 4.93. The van der Waals surface area contributed by atoms with Gasteiger partial charge in [0.1, 0.15) is 0 Å². The summed E-state index contributed by atoms with van der Waals surface area (Å²) in [5.74, 6) is 0.549. The van der Waals surface area contributed by atoms with Gasteiger partial charge in [0.05, 0.1) is 6.10 Å². The van der Waals surface area contributed by atoms with Crippen LogP contribution in [0.3, 0.4) is 0 Å². The molecule has 1 aliphatic carbocycles. The average molecular weight is 177 g/mol. The Kier molecular flexibility index (Phi) is 2.60. The van der Waals surface area contributed by atoms with E-state index in [2.05, 4.69) is 4.98 Å². The third-order valence-electron chi connectivity index (χ3n) is 2.89. The van der Waals surface area contributed by atoms with E-state index in [4.69, 9.17) is 0 Å². The van der Waals surface area contributed by atoms with Crippen molar-refractivity contribution in [2.24, 2.45) is 5.92 Å². The summed E-state index contributed by atoms with van der Waals surface area (Å²) in [5.41, 5.74) is 1.19. The zero-order valence-electron chi connectivity index (χ0n) is 7.69. The zero-order valence-corrected chi connectivity index (χ0v) is 7.69. The molecule has 1 aromatic heterocycles. The summed E-state index contributed by atoms with van der Waals surface area (Å²) >= 11 is 0. The van der Waals surface area contributed by atoms with Crippen molar-refractivity contribution in [1.82, 2.24) is 4.98 Å². The Morgan fingerprint density at radius 1 is 1.38 bits per heavy atom. The average Bonchev–Trinajstić information content (AvgIpc) is 2.02. The van der Waals surface area contributed by atoms with E-state index in [0.717, 1.165) is 6.42 Å². The van der Waals surface area contributed by atoms with Crippen LogP contribution in [0.25, 0.3) is 0 Å². The van der Waals surface area contributed by atoms with E-state index >= 15 is 0 Å². The molecular formula is C11H15NO. The monoisotopic (exact) mass is 177 g/mol. The predicted octanol–water partition coefficient (Wildman–Crippen LogP) is 1.79. The maximum absolute atomic E-state index is 9.80. The molecule has 0 spiro atoms. The van der Waals surface area contributed by atoms with Crippen LogP contribution in [0.4, 0.5) is 0 Å². The molecule has 1 N–H and O–H groups in total. The topological polar surface area (TPSA) is 33.1 Å². The van der Waals surface area contributed by atoms with Crippen LogP contribution in [0.1, 0.15) is 24.8 Å². The third-order valence-corrected chi connectivity index (χ3v) is 2.89. The van der Waals surface area contributed by atoms with Crippen molar-refractivity contribution in [3.63, 3.8) is 0 Å². The zero-order chi connectivity index (χ0) is 9.10. The van der Waals surface area contributed by atoms with Crippen molar-refractivity contribution < 1.29 is 5.11 Å². The summed E-state index contributed by atoms with van der Waals surface area (Å²) in [6, 6.07) is 3.95. The maximum Gasteiger partial charge on any atom is 0.0608 e. The maximum atomic E-state index is 9.80. The molecular weight excluding hydrogens is 162 g/mol. The standard InChI is InChI=1S/C11H15NO/c13-11(10-2-1-3-10)8-9-4-6-12-7-5-9/h4-7,10-11,13H,1-3,8H2. The summed E-state index contributed by atoms with van der Waals surface area (Å²) in [7, 11) is 0. The number of nitrogens with zero attached hydrogens (tertiary/aromatic N) is 1. The van der Waals surface area contributed by atoms with Gasteiger partial charge in [0, 0.05) is 12.4 Å². The molecule has 1 aromatic rings. The fraction of sp³-hybridized carbons (Fsp3) is 0.545. The van der Waals surface area contributed by atoms with E-state index in [9.17, 15) is 5.11 Å². The van der Waals surface area contributed by atoms with Gasteiger partial charge in [-0.25, -0.2) is 0 Å². The Morgan fingerprint density at radius 3 is 2.62 bits per heavy atom. The fourth-order valence-corrected chi connectivity index (χ4v) is 1.75. The van der Waals surface area contributed by atoms with E-state index in [0.29, 0.717) is 5.92 Å². The van der Waals surface area contributed by atoms with Gasteiger partial charge in [-0.2, -0.15) is 0 Å². The lowest BCUT2D eigenvalue weighted by Crippen LogP contribution is -2.28. The van der Waals surface area contributed by atoms with Crippen LogP contribution in [0, 0.1) is 5.92 Å². The highest BCUT2D eigenvalue weighted by Gasteiger charge is 2.25. The third kappa shape index (κ3) is 2.07. The Morgan fingerprint density at radius 2 is 2.08 bits per heavy atom. The minimum atomic E-state index is -0.142. The van der Waals surface area contributed by atoms with E-state index < -0.39 is 0 Å². The van der Waals surface area contributed by atoms with Crippen LogP contribution in [0.15, 0.2) is 24.5 Å². The van der Waals surface area contributed by atoms with Gasteiger partial charge in [0.2, 0.25) is 0 Å². The van der Waals surface area contributed by atoms with Gasteiger partial charge >= 0.3 is 0 Å². The normalized spacial score (nSPS) is 19.5. The van der Waals surface area contributed by atoms with Crippen molar-refractivity contribution in [2.75, 3.05) is 0 Å². The molecule has 0 aromatic carbocycles. The Balaban J connectivity index is 1.90. The van der Waals surface area contributed by atoms with Crippen LogP contribution in [0.5, 0.6) is 0 Å². The SMILES string of the molecule is OC(Cc1ccncc1)C1CCC1. The molecule has 1 atom stereocenters. The molecule has 2 rings (SSSR count). The predicted molar refractivity (Wildman–Crippen MR) is 51.3 cm³/mol. The van der Waals surface area contributed by atoms with Crippen LogP contribution in [-0.2, 0) is 6.42 Å². The molecule has 1 heterocycles. The van der Waals surface area contributed by atoms with E-state index in [1.165, 1.54) is 24.8 Å². The van der Waals surface area contributed by atoms with Crippen LogP contribution in [-0.4, -0.2) is 16.2 Å². The highest BCUT2D eigenvalue weighted by molar-refractivity contribution is 5.11. The summed E-state index contributed by atoms with van der Waals surface area (Å²) < 4.78 is 0. The van der Waals surface area contributed by atoms with Gasteiger partial charge in [-0.15, -0.1) is 0 Å². The second kappa shape index (κ2) is 3.88.